The van der Waals surface area contributed by atoms with Crippen molar-refractivity contribution in [1.82, 2.24) is 4.98 Å². The second-order valence-electron chi connectivity index (χ2n) is 7.29. The van der Waals surface area contributed by atoms with Crippen LogP contribution in [0.4, 0.5) is 11.4 Å². The third-order valence-electron chi connectivity index (χ3n) is 5.10. The lowest BCUT2D eigenvalue weighted by molar-refractivity contribution is -0.384. The van der Waals surface area contributed by atoms with E-state index >= 15 is 0 Å². The van der Waals surface area contributed by atoms with E-state index in [1.807, 2.05) is 74.5 Å². The molecular formula is C24H21N3O3. The van der Waals surface area contributed by atoms with Gasteiger partial charge in [0.05, 0.1) is 11.0 Å². The van der Waals surface area contributed by atoms with E-state index in [-0.39, 0.29) is 11.4 Å². The number of nitro groups is 1. The highest BCUT2D eigenvalue weighted by Gasteiger charge is 2.23. The monoisotopic (exact) mass is 399 g/mol. The normalized spacial score (nSPS) is 11.9. The minimum Gasteiger partial charge on any atom is -0.505 e. The average molecular weight is 399 g/mol. The first kappa shape index (κ1) is 19.4. The number of nitrogens with zero attached hydrogens (tertiary/aromatic N) is 2. The van der Waals surface area contributed by atoms with Crippen LogP contribution < -0.4 is 5.32 Å². The number of hydrogen-bond donors (Lipinski definition) is 2. The molecule has 0 bridgehead atoms. The van der Waals surface area contributed by atoms with Crippen LogP contribution in [0.2, 0.25) is 0 Å². The maximum Gasteiger partial charge on any atom is 0.292 e. The number of anilines is 1. The van der Waals surface area contributed by atoms with Crippen LogP contribution in [0.3, 0.4) is 0 Å². The minimum absolute atomic E-state index is 0.00909. The molecule has 150 valence electrons. The summed E-state index contributed by atoms with van der Waals surface area (Å²) >= 11 is 0. The van der Waals surface area contributed by atoms with Gasteiger partial charge in [-0.15, -0.1) is 0 Å². The number of aryl methyl sites for hydroxylation is 2. The molecule has 1 unspecified atom stereocenters. The predicted octanol–water partition coefficient (Wildman–Crippen LogP) is 5.67. The molecule has 0 radical (unpaired) electrons. The number of rotatable bonds is 5. The predicted molar refractivity (Wildman–Crippen MR) is 118 cm³/mol. The van der Waals surface area contributed by atoms with Crippen molar-refractivity contribution in [2.75, 3.05) is 5.32 Å². The van der Waals surface area contributed by atoms with Crippen molar-refractivity contribution >= 4 is 22.3 Å². The lowest BCUT2D eigenvalue weighted by atomic mass is 9.95. The molecule has 1 aromatic heterocycles. The number of benzene rings is 3. The second-order valence-corrected chi connectivity index (χ2v) is 7.29. The van der Waals surface area contributed by atoms with Crippen LogP contribution in [0.1, 0.15) is 28.4 Å². The Balaban J connectivity index is 1.88. The molecule has 4 aromatic rings. The Morgan fingerprint density at radius 1 is 1.00 bits per heavy atom. The Bertz CT molecular complexity index is 1240. The Labute approximate surface area is 174 Å². The highest BCUT2D eigenvalue weighted by molar-refractivity contribution is 5.86. The van der Waals surface area contributed by atoms with E-state index in [0.717, 1.165) is 22.2 Å². The van der Waals surface area contributed by atoms with E-state index in [1.165, 1.54) is 6.07 Å². The number of aromatic hydroxyl groups is 1. The van der Waals surface area contributed by atoms with Crippen LogP contribution in [0.5, 0.6) is 5.75 Å². The second kappa shape index (κ2) is 7.83. The summed E-state index contributed by atoms with van der Waals surface area (Å²) in [6.07, 6.45) is 0. The van der Waals surface area contributed by atoms with E-state index in [9.17, 15) is 15.2 Å². The zero-order valence-corrected chi connectivity index (χ0v) is 16.7. The number of nitro benzene ring substituents is 1. The van der Waals surface area contributed by atoms with E-state index in [2.05, 4.69) is 10.3 Å². The maximum atomic E-state index is 11.6. The average Bonchev–Trinajstić information content (AvgIpc) is 2.74. The van der Waals surface area contributed by atoms with E-state index in [0.29, 0.717) is 16.8 Å². The number of hydrogen-bond acceptors (Lipinski definition) is 5. The van der Waals surface area contributed by atoms with Crippen molar-refractivity contribution in [3.05, 3.63) is 105 Å². The van der Waals surface area contributed by atoms with Crippen LogP contribution in [0.25, 0.3) is 10.9 Å². The van der Waals surface area contributed by atoms with Crippen LogP contribution in [0, 0.1) is 24.0 Å². The van der Waals surface area contributed by atoms with Crippen molar-refractivity contribution in [2.24, 2.45) is 0 Å². The summed E-state index contributed by atoms with van der Waals surface area (Å²) < 4.78 is 0. The van der Waals surface area contributed by atoms with Gasteiger partial charge in [0.1, 0.15) is 17.0 Å². The zero-order valence-electron chi connectivity index (χ0n) is 16.7. The minimum atomic E-state index is -0.501. The van der Waals surface area contributed by atoms with Gasteiger partial charge in [-0.1, -0.05) is 54.6 Å². The van der Waals surface area contributed by atoms with Crippen LogP contribution in [-0.4, -0.2) is 15.0 Å². The molecule has 0 amide bonds. The van der Waals surface area contributed by atoms with Gasteiger partial charge in [-0.05, 0) is 37.1 Å². The van der Waals surface area contributed by atoms with Gasteiger partial charge in [-0.25, -0.2) is 4.98 Å². The van der Waals surface area contributed by atoms with Crippen molar-refractivity contribution in [2.45, 2.75) is 19.9 Å². The van der Waals surface area contributed by atoms with E-state index in [1.54, 1.807) is 6.07 Å². The van der Waals surface area contributed by atoms with Gasteiger partial charge in [0.25, 0.3) is 5.69 Å². The fourth-order valence-electron chi connectivity index (χ4n) is 3.58. The summed E-state index contributed by atoms with van der Waals surface area (Å²) in [5.41, 5.74) is 3.95. The quantitative estimate of drug-likeness (QED) is 0.334. The van der Waals surface area contributed by atoms with Gasteiger partial charge in [-0.3, -0.25) is 10.1 Å². The van der Waals surface area contributed by atoms with Gasteiger partial charge in [-0.2, -0.15) is 0 Å². The van der Waals surface area contributed by atoms with Crippen LogP contribution >= 0.6 is 0 Å². The first-order chi connectivity index (χ1) is 14.4. The van der Waals surface area contributed by atoms with Gasteiger partial charge < -0.3 is 10.4 Å². The summed E-state index contributed by atoms with van der Waals surface area (Å²) in [5, 5.41) is 26.8. The molecule has 0 saturated carbocycles. The fourth-order valence-corrected chi connectivity index (χ4v) is 3.58. The number of phenols is 1. The van der Waals surface area contributed by atoms with Crippen molar-refractivity contribution in [3.8, 4) is 5.75 Å². The lowest BCUT2D eigenvalue weighted by Crippen LogP contribution is -2.14. The molecule has 1 heterocycles. The lowest BCUT2D eigenvalue weighted by Gasteiger charge is -2.22. The first-order valence-corrected chi connectivity index (χ1v) is 9.60. The van der Waals surface area contributed by atoms with Gasteiger partial charge >= 0.3 is 0 Å². The van der Waals surface area contributed by atoms with Crippen LogP contribution in [-0.2, 0) is 0 Å². The SMILES string of the molecule is Cc1ccc(NC(c2ccccc2)c2ccc3ccc(C)nc3c2O)c([N+](=O)[O-])c1. The van der Waals surface area contributed by atoms with Gasteiger partial charge in [0.15, 0.2) is 0 Å². The molecule has 0 aliphatic heterocycles. The highest BCUT2D eigenvalue weighted by atomic mass is 16.6. The fraction of sp³-hybridized carbons (Fsp3) is 0.125. The molecule has 4 rings (SSSR count). The topological polar surface area (TPSA) is 88.3 Å². The summed E-state index contributed by atoms with van der Waals surface area (Å²) in [6.45, 7) is 3.68. The molecule has 6 nitrogen and oxygen atoms in total. The molecule has 30 heavy (non-hydrogen) atoms. The third kappa shape index (κ3) is 3.67. The third-order valence-corrected chi connectivity index (χ3v) is 5.10. The molecule has 0 fully saturated rings. The Morgan fingerprint density at radius 3 is 2.47 bits per heavy atom. The number of fused-ring (bicyclic) bond motifs is 1. The maximum absolute atomic E-state index is 11.6. The molecular weight excluding hydrogens is 378 g/mol. The molecule has 0 aliphatic carbocycles. The number of pyridine rings is 1. The molecule has 6 heteroatoms. The summed E-state index contributed by atoms with van der Waals surface area (Å²) in [7, 11) is 0. The Hall–Kier alpha value is -3.93. The largest absolute Gasteiger partial charge is 0.505 e. The number of nitrogens with one attached hydrogen (secondary N) is 1. The van der Waals surface area contributed by atoms with Crippen molar-refractivity contribution < 1.29 is 10.0 Å². The molecule has 2 N–H and O–H groups in total. The summed E-state index contributed by atoms with van der Waals surface area (Å²) in [4.78, 5) is 15.7. The smallest absolute Gasteiger partial charge is 0.292 e. The molecule has 3 aromatic carbocycles. The standard InChI is InChI=1S/C24H21N3O3/c1-15-8-13-20(21(14-15)27(29)30)26-22(17-6-4-3-5-7-17)19-12-11-18-10-9-16(2)25-23(18)24(19)28/h3-14,22,26,28H,1-2H3. The molecule has 0 aliphatic rings. The Kier molecular flexibility index (Phi) is 5.06. The molecule has 0 spiro atoms. The van der Waals surface area contributed by atoms with Crippen molar-refractivity contribution in [1.29, 1.82) is 0 Å². The summed E-state index contributed by atoms with van der Waals surface area (Å²) in [6, 6.07) is 21.6. The van der Waals surface area contributed by atoms with E-state index < -0.39 is 11.0 Å². The Morgan fingerprint density at radius 2 is 1.73 bits per heavy atom. The van der Waals surface area contributed by atoms with Crippen LogP contribution in [0.15, 0.2) is 72.8 Å². The molecule has 0 saturated heterocycles. The van der Waals surface area contributed by atoms with Crippen molar-refractivity contribution in [3.63, 3.8) is 0 Å². The number of phenolic OH excluding ortho intramolecular Hbond substituents is 1. The van der Waals surface area contributed by atoms with Gasteiger partial charge in [0, 0.05) is 22.7 Å². The first-order valence-electron chi connectivity index (χ1n) is 9.60. The van der Waals surface area contributed by atoms with E-state index in [4.69, 9.17) is 0 Å². The zero-order chi connectivity index (χ0) is 21.3. The highest BCUT2D eigenvalue weighted by Crippen LogP contribution is 2.38. The number of aromatic nitrogens is 1. The van der Waals surface area contributed by atoms with Gasteiger partial charge in [0.2, 0.25) is 0 Å². The summed E-state index contributed by atoms with van der Waals surface area (Å²) in [5.74, 6) is 0.0623. The molecule has 1 atom stereocenters.